The number of aliphatic hydroxyl groups excluding tert-OH is 1. The average molecular weight is 254 g/mol. The fourth-order valence-corrected chi connectivity index (χ4v) is 2.13. The molecule has 1 aliphatic heterocycles. The molecular weight excluding hydrogens is 239 g/mol. The Labute approximate surface area is 104 Å². The van der Waals surface area contributed by atoms with Gasteiger partial charge in [0.1, 0.15) is 5.82 Å². The fraction of sp³-hybridized carbons (Fsp3) is 0.500. The molecule has 18 heavy (non-hydrogen) atoms. The van der Waals surface area contributed by atoms with Gasteiger partial charge < -0.3 is 10.0 Å². The minimum absolute atomic E-state index is 0.199. The number of anilines is 1. The number of non-ortho nitro benzene ring substituents is 1. The molecule has 6 heteroatoms. The molecule has 0 amide bonds. The van der Waals surface area contributed by atoms with E-state index in [-0.39, 0.29) is 11.6 Å². The Morgan fingerprint density at radius 3 is 2.83 bits per heavy atom. The molecule has 0 spiro atoms. The summed E-state index contributed by atoms with van der Waals surface area (Å²) in [6.45, 7) is 3.00. The van der Waals surface area contributed by atoms with Gasteiger partial charge in [0.05, 0.1) is 17.1 Å². The van der Waals surface area contributed by atoms with Crippen LogP contribution in [0.15, 0.2) is 18.2 Å². The molecule has 0 aromatic heterocycles. The molecule has 1 fully saturated rings. The van der Waals surface area contributed by atoms with Crippen LogP contribution in [0.25, 0.3) is 0 Å². The van der Waals surface area contributed by atoms with Gasteiger partial charge in [-0.15, -0.1) is 0 Å². The van der Waals surface area contributed by atoms with Crippen molar-refractivity contribution in [3.05, 3.63) is 34.1 Å². The van der Waals surface area contributed by atoms with Gasteiger partial charge in [-0.05, 0) is 18.4 Å². The summed E-state index contributed by atoms with van der Waals surface area (Å²) < 4.78 is 13.3. The summed E-state index contributed by atoms with van der Waals surface area (Å²) in [6.07, 6.45) is 0.298. The van der Waals surface area contributed by atoms with Gasteiger partial charge in [0.2, 0.25) is 0 Å². The summed E-state index contributed by atoms with van der Waals surface area (Å²) in [4.78, 5) is 11.8. The summed E-state index contributed by atoms with van der Waals surface area (Å²) in [5.41, 5.74) is 0.186. The van der Waals surface area contributed by atoms with Gasteiger partial charge in [-0.1, -0.05) is 6.92 Å². The van der Waals surface area contributed by atoms with Crippen LogP contribution in [0.2, 0.25) is 0 Å². The van der Waals surface area contributed by atoms with Crippen molar-refractivity contribution in [2.75, 3.05) is 18.0 Å². The van der Waals surface area contributed by atoms with E-state index in [4.69, 9.17) is 0 Å². The first kappa shape index (κ1) is 12.8. The van der Waals surface area contributed by atoms with Crippen molar-refractivity contribution >= 4 is 11.4 Å². The molecule has 1 aromatic rings. The number of benzene rings is 1. The highest BCUT2D eigenvalue weighted by Gasteiger charge is 2.25. The monoisotopic (exact) mass is 254 g/mol. The lowest BCUT2D eigenvalue weighted by molar-refractivity contribution is -0.385. The molecular formula is C12H15FN2O3. The second-order valence-corrected chi connectivity index (χ2v) is 4.70. The second kappa shape index (κ2) is 4.89. The summed E-state index contributed by atoms with van der Waals surface area (Å²) in [5, 5.41) is 20.5. The van der Waals surface area contributed by atoms with Gasteiger partial charge in [0.25, 0.3) is 5.69 Å². The average Bonchev–Trinajstić information content (AvgIpc) is 2.31. The van der Waals surface area contributed by atoms with Crippen LogP contribution < -0.4 is 4.90 Å². The number of nitrogens with zero attached hydrogens (tertiary/aromatic N) is 2. The Balaban J connectivity index is 2.25. The topological polar surface area (TPSA) is 66.6 Å². The van der Waals surface area contributed by atoms with Crippen LogP contribution in [0.5, 0.6) is 0 Å². The van der Waals surface area contributed by atoms with E-state index in [1.54, 1.807) is 4.90 Å². The van der Waals surface area contributed by atoms with Gasteiger partial charge in [-0.25, -0.2) is 4.39 Å². The van der Waals surface area contributed by atoms with Crippen molar-refractivity contribution in [1.82, 2.24) is 0 Å². The van der Waals surface area contributed by atoms with E-state index < -0.39 is 16.8 Å². The van der Waals surface area contributed by atoms with Crippen molar-refractivity contribution in [2.24, 2.45) is 5.92 Å². The third-order valence-corrected chi connectivity index (χ3v) is 3.36. The van der Waals surface area contributed by atoms with Crippen molar-refractivity contribution in [1.29, 1.82) is 0 Å². The standard InChI is InChI=1S/C12H15FN2O3/c1-8-2-3-14(7-12(8)16)10-4-9(13)5-11(6-10)15(17)18/h4-6,8,12,16H,2-3,7H2,1H3. The van der Waals surface area contributed by atoms with Crippen molar-refractivity contribution in [3.63, 3.8) is 0 Å². The Hall–Kier alpha value is -1.69. The van der Waals surface area contributed by atoms with Crippen LogP contribution in [0.1, 0.15) is 13.3 Å². The van der Waals surface area contributed by atoms with E-state index in [0.29, 0.717) is 18.8 Å². The minimum Gasteiger partial charge on any atom is -0.391 e. The third kappa shape index (κ3) is 2.59. The molecule has 1 heterocycles. The number of nitro groups is 1. The van der Waals surface area contributed by atoms with Gasteiger partial charge in [-0.2, -0.15) is 0 Å². The maximum absolute atomic E-state index is 13.3. The van der Waals surface area contributed by atoms with Gasteiger partial charge in [-0.3, -0.25) is 10.1 Å². The molecule has 1 aliphatic rings. The lowest BCUT2D eigenvalue weighted by Gasteiger charge is -2.35. The Bertz CT molecular complexity index is 467. The summed E-state index contributed by atoms with van der Waals surface area (Å²) >= 11 is 0. The second-order valence-electron chi connectivity index (χ2n) is 4.70. The molecule has 1 N–H and O–H groups in total. The predicted molar refractivity (Wildman–Crippen MR) is 65.1 cm³/mol. The van der Waals surface area contributed by atoms with Crippen LogP contribution in [-0.4, -0.2) is 29.2 Å². The van der Waals surface area contributed by atoms with E-state index in [0.717, 1.165) is 12.5 Å². The van der Waals surface area contributed by atoms with E-state index in [1.807, 2.05) is 6.92 Å². The smallest absolute Gasteiger partial charge is 0.274 e. The molecule has 1 saturated heterocycles. The van der Waals surface area contributed by atoms with Crippen LogP contribution in [-0.2, 0) is 0 Å². The molecule has 98 valence electrons. The van der Waals surface area contributed by atoms with Gasteiger partial charge >= 0.3 is 0 Å². The first-order chi connectivity index (χ1) is 8.47. The predicted octanol–water partition coefficient (Wildman–Crippen LogP) is 1.94. The summed E-state index contributed by atoms with van der Waals surface area (Å²) in [7, 11) is 0. The SMILES string of the molecule is CC1CCN(c2cc(F)cc([N+](=O)[O-])c2)CC1O. The third-order valence-electron chi connectivity index (χ3n) is 3.36. The largest absolute Gasteiger partial charge is 0.391 e. The number of nitro benzene ring substituents is 1. The van der Waals surface area contributed by atoms with Crippen LogP contribution in [0.4, 0.5) is 15.8 Å². The molecule has 1 aromatic carbocycles. The molecule has 5 nitrogen and oxygen atoms in total. The first-order valence-electron chi connectivity index (χ1n) is 5.85. The highest BCUT2D eigenvalue weighted by atomic mass is 19.1. The van der Waals surface area contributed by atoms with E-state index in [9.17, 15) is 19.6 Å². The number of hydrogen-bond donors (Lipinski definition) is 1. The highest BCUT2D eigenvalue weighted by molar-refractivity contribution is 5.54. The highest BCUT2D eigenvalue weighted by Crippen LogP contribution is 2.27. The lowest BCUT2D eigenvalue weighted by atomic mass is 9.95. The van der Waals surface area contributed by atoms with E-state index in [2.05, 4.69) is 0 Å². The number of halogens is 1. The van der Waals surface area contributed by atoms with E-state index >= 15 is 0 Å². The summed E-state index contributed by atoms with van der Waals surface area (Å²) in [5.74, 6) is -0.433. The molecule has 2 atom stereocenters. The van der Waals surface area contributed by atoms with Gasteiger partial charge in [0, 0.05) is 24.8 Å². The maximum Gasteiger partial charge on any atom is 0.274 e. The van der Waals surface area contributed by atoms with Gasteiger partial charge in [0.15, 0.2) is 0 Å². The molecule has 2 rings (SSSR count). The van der Waals surface area contributed by atoms with Crippen LogP contribution in [0, 0.1) is 21.8 Å². The molecule has 0 saturated carbocycles. The molecule has 0 aliphatic carbocycles. The number of rotatable bonds is 2. The number of β-amino-alcohol motifs (C(OH)–C–C–N with tert-alkyl or cyclic N) is 1. The van der Waals surface area contributed by atoms with Crippen LogP contribution in [0.3, 0.4) is 0 Å². The molecule has 2 unspecified atom stereocenters. The van der Waals surface area contributed by atoms with Crippen molar-refractivity contribution in [3.8, 4) is 0 Å². The Morgan fingerprint density at radius 1 is 1.50 bits per heavy atom. The number of aliphatic hydroxyl groups is 1. The lowest BCUT2D eigenvalue weighted by Crippen LogP contribution is -2.42. The zero-order chi connectivity index (χ0) is 13.3. The van der Waals surface area contributed by atoms with Crippen molar-refractivity contribution in [2.45, 2.75) is 19.4 Å². The fourth-order valence-electron chi connectivity index (χ4n) is 2.13. The van der Waals surface area contributed by atoms with Crippen molar-refractivity contribution < 1.29 is 14.4 Å². The number of hydrogen-bond acceptors (Lipinski definition) is 4. The number of piperidine rings is 1. The van der Waals surface area contributed by atoms with E-state index in [1.165, 1.54) is 12.1 Å². The minimum atomic E-state index is -0.632. The zero-order valence-electron chi connectivity index (χ0n) is 10.0. The Morgan fingerprint density at radius 2 is 2.22 bits per heavy atom. The quantitative estimate of drug-likeness (QED) is 0.647. The molecule has 0 radical (unpaired) electrons. The molecule has 0 bridgehead atoms. The van der Waals surface area contributed by atoms with Crippen LogP contribution >= 0.6 is 0 Å². The normalized spacial score (nSPS) is 24.1. The first-order valence-corrected chi connectivity index (χ1v) is 5.85. The summed E-state index contributed by atoms with van der Waals surface area (Å²) in [6, 6.07) is 3.49. The maximum atomic E-state index is 13.3. The zero-order valence-corrected chi connectivity index (χ0v) is 10.0. The Kier molecular flexibility index (Phi) is 3.47.